The Bertz CT molecular complexity index is 1500. The van der Waals surface area contributed by atoms with Gasteiger partial charge in [0.25, 0.3) is 5.91 Å². The van der Waals surface area contributed by atoms with Gasteiger partial charge in [-0.15, -0.1) is 11.3 Å². The summed E-state index contributed by atoms with van der Waals surface area (Å²) in [6.07, 6.45) is 7.01. The molecule has 0 saturated heterocycles. The fourth-order valence-electron chi connectivity index (χ4n) is 3.88. The molecular formula is C26H27N7OS. The molecule has 178 valence electrons. The monoisotopic (exact) mass is 485 g/mol. The number of hydrogen-bond acceptors (Lipinski definition) is 6. The number of fused-ring (bicyclic) bond motifs is 1. The van der Waals surface area contributed by atoms with Crippen molar-refractivity contribution in [2.24, 2.45) is 7.05 Å². The van der Waals surface area contributed by atoms with Crippen LogP contribution in [0.5, 0.6) is 0 Å². The molecule has 4 heterocycles. The lowest BCUT2D eigenvalue weighted by atomic mass is 9.98. The largest absolute Gasteiger partial charge is 0.351 e. The van der Waals surface area contributed by atoms with Crippen LogP contribution in [-0.4, -0.2) is 35.6 Å². The summed E-state index contributed by atoms with van der Waals surface area (Å²) in [5.41, 5.74) is 6.39. The van der Waals surface area contributed by atoms with Crippen LogP contribution in [0.2, 0.25) is 0 Å². The van der Waals surface area contributed by atoms with Crippen molar-refractivity contribution in [2.75, 3.05) is 0 Å². The minimum Gasteiger partial charge on any atom is -0.351 e. The van der Waals surface area contributed by atoms with Gasteiger partial charge in [-0.25, -0.2) is 15.0 Å². The zero-order chi connectivity index (χ0) is 24.7. The van der Waals surface area contributed by atoms with Crippen molar-refractivity contribution in [1.29, 1.82) is 0 Å². The van der Waals surface area contributed by atoms with Gasteiger partial charge >= 0.3 is 0 Å². The average molecular weight is 486 g/mol. The molecule has 4 aromatic heterocycles. The Morgan fingerprint density at radius 3 is 2.51 bits per heavy atom. The smallest absolute Gasteiger partial charge is 0.263 e. The highest BCUT2D eigenvalue weighted by Gasteiger charge is 2.21. The molecule has 1 amide bonds. The van der Waals surface area contributed by atoms with Crippen LogP contribution in [0, 0.1) is 0 Å². The Balaban J connectivity index is 1.35. The number of hydrogen-bond donors (Lipinski definition) is 2. The number of aromatic nitrogens is 6. The number of carbonyl (C=O) groups is 1. The summed E-state index contributed by atoms with van der Waals surface area (Å²) in [4.78, 5) is 30.2. The Kier molecular flexibility index (Phi) is 5.72. The molecule has 5 rings (SSSR count). The molecule has 5 aromatic rings. The van der Waals surface area contributed by atoms with E-state index in [1.807, 2.05) is 56.7 Å². The summed E-state index contributed by atoms with van der Waals surface area (Å²) < 4.78 is 1.77. The summed E-state index contributed by atoms with van der Waals surface area (Å²) in [6, 6.07) is 9.95. The second kappa shape index (κ2) is 8.74. The predicted molar refractivity (Wildman–Crippen MR) is 138 cm³/mol. The highest BCUT2D eigenvalue weighted by atomic mass is 32.1. The van der Waals surface area contributed by atoms with E-state index >= 15 is 0 Å². The van der Waals surface area contributed by atoms with Crippen LogP contribution in [0.1, 0.15) is 54.0 Å². The van der Waals surface area contributed by atoms with E-state index in [0.717, 1.165) is 44.1 Å². The van der Waals surface area contributed by atoms with Crippen LogP contribution in [0.15, 0.2) is 55.2 Å². The predicted octanol–water partition coefficient (Wildman–Crippen LogP) is 5.27. The molecule has 1 unspecified atom stereocenters. The first-order valence-corrected chi connectivity index (χ1v) is 12.2. The molecule has 0 bridgehead atoms. The first-order chi connectivity index (χ1) is 16.7. The van der Waals surface area contributed by atoms with Gasteiger partial charge < -0.3 is 10.3 Å². The van der Waals surface area contributed by atoms with Gasteiger partial charge in [-0.2, -0.15) is 5.10 Å². The van der Waals surface area contributed by atoms with Crippen molar-refractivity contribution in [3.63, 3.8) is 0 Å². The van der Waals surface area contributed by atoms with Crippen LogP contribution < -0.4 is 5.32 Å². The fourth-order valence-corrected chi connectivity index (χ4v) is 4.76. The lowest BCUT2D eigenvalue weighted by molar-refractivity contribution is 0.0944. The van der Waals surface area contributed by atoms with Crippen LogP contribution in [0.3, 0.4) is 0 Å². The standard InChI is InChI=1S/C26H27N7OS/c1-15(31-24(34)21-12-27-25(35-21)26(2,3)4)16-6-8-17(9-7-16)22-23-20(28-14-29-22)10-19(32-23)18-11-30-33(5)13-18/h6-15,32H,1-5H3,(H,31,34). The molecule has 0 saturated carbocycles. The zero-order valence-corrected chi connectivity index (χ0v) is 21.1. The molecule has 1 aromatic carbocycles. The second-order valence-corrected chi connectivity index (χ2v) is 10.7. The van der Waals surface area contributed by atoms with Crippen LogP contribution in [-0.2, 0) is 12.5 Å². The lowest BCUT2D eigenvalue weighted by Gasteiger charge is -2.15. The number of amides is 1. The molecule has 2 N–H and O–H groups in total. The normalized spacial score (nSPS) is 12.7. The third-order valence-electron chi connectivity index (χ3n) is 5.84. The van der Waals surface area contributed by atoms with Crippen molar-refractivity contribution in [2.45, 2.75) is 39.2 Å². The van der Waals surface area contributed by atoms with Gasteiger partial charge in [-0.1, -0.05) is 45.0 Å². The van der Waals surface area contributed by atoms with Crippen LogP contribution in [0.4, 0.5) is 0 Å². The summed E-state index contributed by atoms with van der Waals surface area (Å²) >= 11 is 1.44. The Morgan fingerprint density at radius 1 is 1.09 bits per heavy atom. The molecule has 1 atom stereocenters. The molecule has 0 radical (unpaired) electrons. The molecule has 0 aliphatic heterocycles. The average Bonchev–Trinajstić information content (AvgIpc) is 3.57. The van der Waals surface area contributed by atoms with E-state index in [1.165, 1.54) is 11.3 Å². The molecule has 35 heavy (non-hydrogen) atoms. The molecule has 0 aliphatic carbocycles. The maximum Gasteiger partial charge on any atom is 0.263 e. The van der Waals surface area contributed by atoms with Crippen molar-refractivity contribution in [3.05, 3.63) is 70.7 Å². The Morgan fingerprint density at radius 2 is 1.86 bits per heavy atom. The van der Waals surface area contributed by atoms with Gasteiger partial charge in [0, 0.05) is 29.8 Å². The van der Waals surface area contributed by atoms with Crippen molar-refractivity contribution >= 4 is 28.3 Å². The molecule has 8 nitrogen and oxygen atoms in total. The summed E-state index contributed by atoms with van der Waals surface area (Å²) in [5, 5.41) is 8.28. The number of rotatable bonds is 5. The minimum absolute atomic E-state index is 0.0745. The number of aromatic amines is 1. The number of carbonyl (C=O) groups excluding carboxylic acids is 1. The van der Waals surface area contributed by atoms with Gasteiger partial charge in [-0.05, 0) is 18.6 Å². The molecule has 0 spiro atoms. The van der Waals surface area contributed by atoms with Gasteiger partial charge in [0.15, 0.2) is 0 Å². The van der Waals surface area contributed by atoms with Gasteiger partial charge in [0.1, 0.15) is 11.2 Å². The Hall–Kier alpha value is -3.85. The van der Waals surface area contributed by atoms with Crippen molar-refractivity contribution in [3.8, 4) is 22.5 Å². The van der Waals surface area contributed by atoms with Crippen molar-refractivity contribution < 1.29 is 4.79 Å². The van der Waals surface area contributed by atoms with Gasteiger partial charge in [-0.3, -0.25) is 9.48 Å². The number of nitrogens with one attached hydrogen (secondary N) is 2. The van der Waals surface area contributed by atoms with Gasteiger partial charge in [0.05, 0.1) is 45.9 Å². The highest BCUT2D eigenvalue weighted by molar-refractivity contribution is 7.13. The highest BCUT2D eigenvalue weighted by Crippen LogP contribution is 2.30. The third-order valence-corrected chi connectivity index (χ3v) is 7.26. The first-order valence-electron chi connectivity index (χ1n) is 11.4. The van der Waals surface area contributed by atoms with Crippen molar-refractivity contribution in [1.82, 2.24) is 35.0 Å². The number of thiazole rings is 1. The zero-order valence-electron chi connectivity index (χ0n) is 20.3. The maximum absolute atomic E-state index is 12.8. The quantitative estimate of drug-likeness (QED) is 0.353. The number of H-pyrrole nitrogens is 1. The van der Waals surface area contributed by atoms with E-state index in [0.29, 0.717) is 4.88 Å². The second-order valence-electron chi connectivity index (χ2n) is 9.67. The minimum atomic E-state index is -0.148. The molecular weight excluding hydrogens is 458 g/mol. The third kappa shape index (κ3) is 4.59. The number of benzene rings is 1. The molecule has 9 heteroatoms. The maximum atomic E-state index is 12.8. The van der Waals surface area contributed by atoms with E-state index in [-0.39, 0.29) is 17.4 Å². The fraction of sp³-hybridized carbons (Fsp3) is 0.269. The van der Waals surface area contributed by atoms with E-state index in [2.05, 4.69) is 51.1 Å². The molecule has 0 fully saturated rings. The van der Waals surface area contributed by atoms with E-state index in [1.54, 1.807) is 17.2 Å². The van der Waals surface area contributed by atoms with E-state index in [9.17, 15) is 4.79 Å². The molecule has 0 aliphatic rings. The number of nitrogens with zero attached hydrogens (tertiary/aromatic N) is 5. The number of aryl methyl sites for hydroxylation is 1. The summed E-state index contributed by atoms with van der Waals surface area (Å²) in [5.74, 6) is -0.110. The lowest BCUT2D eigenvalue weighted by Crippen LogP contribution is -2.25. The van der Waals surface area contributed by atoms with Crippen LogP contribution in [0.25, 0.3) is 33.5 Å². The first kappa shape index (κ1) is 22.9. The SMILES string of the molecule is CC(NC(=O)c1cnc(C(C)(C)C)s1)c1ccc(-c2ncnc3cc(-c4cnn(C)c4)[nH]c23)cc1. The van der Waals surface area contributed by atoms with E-state index in [4.69, 9.17) is 0 Å². The Labute approximate surface area is 207 Å². The summed E-state index contributed by atoms with van der Waals surface area (Å²) in [6.45, 7) is 8.26. The topological polar surface area (TPSA) is 101 Å². The summed E-state index contributed by atoms with van der Waals surface area (Å²) in [7, 11) is 1.89. The van der Waals surface area contributed by atoms with Gasteiger partial charge in [0.2, 0.25) is 0 Å². The van der Waals surface area contributed by atoms with Crippen LogP contribution >= 0.6 is 11.3 Å². The van der Waals surface area contributed by atoms with E-state index < -0.39 is 0 Å².